The summed E-state index contributed by atoms with van der Waals surface area (Å²) in [7, 11) is 3.19. The van der Waals surface area contributed by atoms with Gasteiger partial charge in [-0.15, -0.1) is 0 Å². The largest absolute Gasteiger partial charge is 0.497 e. The van der Waals surface area contributed by atoms with Crippen molar-refractivity contribution in [2.24, 2.45) is 0 Å². The molecular weight excluding hydrogens is 468 g/mol. The van der Waals surface area contributed by atoms with Crippen LogP contribution in [0.1, 0.15) is 12.0 Å². The predicted octanol–water partition coefficient (Wildman–Crippen LogP) is 5.83. The average Bonchev–Trinajstić information content (AvgIpc) is 2.85. The van der Waals surface area contributed by atoms with Crippen LogP contribution >= 0.6 is 11.6 Å². The maximum absolute atomic E-state index is 13.5. The summed E-state index contributed by atoms with van der Waals surface area (Å²) in [6.07, 6.45) is 0.788. The number of nitrogens with zero attached hydrogens (tertiary/aromatic N) is 2. The lowest BCUT2D eigenvalue weighted by Gasteiger charge is -2.36. The van der Waals surface area contributed by atoms with Gasteiger partial charge in [0, 0.05) is 36.4 Å². The van der Waals surface area contributed by atoms with Crippen LogP contribution in [0.2, 0.25) is 5.02 Å². The van der Waals surface area contributed by atoms with Crippen molar-refractivity contribution in [2.45, 2.75) is 13.0 Å². The number of ether oxygens (including phenoxy) is 2. The summed E-state index contributed by atoms with van der Waals surface area (Å²) in [5.74, 6) is 1.34. The summed E-state index contributed by atoms with van der Waals surface area (Å²) in [6, 6.07) is 19.2. The van der Waals surface area contributed by atoms with Gasteiger partial charge in [-0.05, 0) is 54.4 Å². The van der Waals surface area contributed by atoms with Gasteiger partial charge in [0.15, 0.2) is 0 Å². The highest BCUT2D eigenvalue weighted by molar-refractivity contribution is 6.30. The van der Waals surface area contributed by atoms with E-state index in [1.807, 2.05) is 30.3 Å². The van der Waals surface area contributed by atoms with Gasteiger partial charge in [0.25, 0.3) is 0 Å². The first-order chi connectivity index (χ1) is 17.0. The number of amides is 4. The van der Waals surface area contributed by atoms with Crippen LogP contribution in [0.4, 0.5) is 26.7 Å². The third-order valence-corrected chi connectivity index (χ3v) is 5.86. The van der Waals surface area contributed by atoms with Gasteiger partial charge in [-0.1, -0.05) is 29.8 Å². The van der Waals surface area contributed by atoms with E-state index in [9.17, 15) is 9.59 Å². The zero-order chi connectivity index (χ0) is 24.8. The molecule has 1 aliphatic heterocycles. The molecule has 1 heterocycles. The first-order valence-electron chi connectivity index (χ1n) is 11.2. The maximum atomic E-state index is 13.5. The fourth-order valence-electron chi connectivity index (χ4n) is 4.00. The van der Waals surface area contributed by atoms with Crippen molar-refractivity contribution in [3.05, 3.63) is 77.3 Å². The Hall–Kier alpha value is -3.91. The van der Waals surface area contributed by atoms with Crippen LogP contribution in [-0.2, 0) is 6.54 Å². The number of benzene rings is 3. The molecule has 0 aromatic heterocycles. The van der Waals surface area contributed by atoms with Gasteiger partial charge in [-0.2, -0.15) is 0 Å². The molecule has 35 heavy (non-hydrogen) atoms. The van der Waals surface area contributed by atoms with Gasteiger partial charge in [0.05, 0.1) is 25.6 Å². The molecule has 3 aromatic rings. The molecule has 9 heteroatoms. The molecule has 0 unspecified atom stereocenters. The number of methoxy groups -OCH3 is 2. The second kappa shape index (κ2) is 11.0. The molecule has 0 aliphatic carbocycles. The fraction of sp³-hybridized carbons (Fsp3) is 0.231. The molecule has 3 aromatic carbocycles. The van der Waals surface area contributed by atoms with E-state index in [2.05, 4.69) is 10.6 Å². The average molecular weight is 495 g/mol. The number of carbonyl (C=O) groups excluding carboxylic acids is 2. The second-order valence-electron chi connectivity index (χ2n) is 8.04. The standard InChI is InChI=1S/C26H27ClN4O4/c1-34-21-13-18(14-22(16-21)35-2)17-30-11-6-12-31(26(30)33)24-10-4-3-9-23(24)29-25(32)28-20-8-5-7-19(27)15-20/h3-5,7-10,13-16H,6,11-12,17H2,1-2H3,(H2,28,29,32). The summed E-state index contributed by atoms with van der Waals surface area (Å²) in [5, 5.41) is 6.14. The van der Waals surface area contributed by atoms with E-state index in [0.717, 1.165) is 12.0 Å². The summed E-state index contributed by atoms with van der Waals surface area (Å²) in [4.78, 5) is 29.6. The lowest BCUT2D eigenvalue weighted by atomic mass is 10.1. The highest BCUT2D eigenvalue weighted by atomic mass is 35.5. The van der Waals surface area contributed by atoms with Crippen molar-refractivity contribution in [2.75, 3.05) is 42.8 Å². The summed E-state index contributed by atoms with van der Waals surface area (Å²) in [6.45, 7) is 1.58. The van der Waals surface area contributed by atoms with Crippen molar-refractivity contribution in [1.29, 1.82) is 0 Å². The number of halogens is 1. The van der Waals surface area contributed by atoms with Crippen LogP contribution in [0.5, 0.6) is 11.5 Å². The number of nitrogens with one attached hydrogen (secondary N) is 2. The summed E-state index contributed by atoms with van der Waals surface area (Å²) < 4.78 is 10.7. The molecule has 0 atom stereocenters. The van der Waals surface area contributed by atoms with Crippen LogP contribution in [-0.4, -0.2) is 44.3 Å². The Labute approximate surface area is 209 Å². The molecule has 0 spiro atoms. The van der Waals surface area contributed by atoms with Gasteiger partial charge in [0.2, 0.25) is 0 Å². The van der Waals surface area contributed by atoms with Gasteiger partial charge in [0.1, 0.15) is 11.5 Å². The van der Waals surface area contributed by atoms with Crippen LogP contribution in [0.25, 0.3) is 0 Å². The zero-order valence-electron chi connectivity index (χ0n) is 19.6. The molecule has 2 N–H and O–H groups in total. The Morgan fingerprint density at radius 1 is 0.943 bits per heavy atom. The van der Waals surface area contributed by atoms with E-state index in [1.54, 1.807) is 60.4 Å². The molecular formula is C26H27ClN4O4. The lowest BCUT2D eigenvalue weighted by Crippen LogP contribution is -2.49. The van der Waals surface area contributed by atoms with E-state index in [1.165, 1.54) is 0 Å². The van der Waals surface area contributed by atoms with Crippen molar-refractivity contribution in [3.63, 3.8) is 0 Å². The monoisotopic (exact) mass is 494 g/mol. The molecule has 4 amide bonds. The minimum atomic E-state index is -0.426. The molecule has 4 rings (SSSR count). The number of rotatable bonds is 7. The van der Waals surface area contributed by atoms with Crippen LogP contribution < -0.4 is 25.0 Å². The summed E-state index contributed by atoms with van der Waals surface area (Å²) >= 11 is 6.00. The fourth-order valence-corrected chi connectivity index (χ4v) is 4.19. The third-order valence-electron chi connectivity index (χ3n) is 5.62. The van der Waals surface area contributed by atoms with Gasteiger partial charge in [-0.25, -0.2) is 9.59 Å². The molecule has 1 aliphatic rings. The molecule has 1 fully saturated rings. The van der Waals surface area contributed by atoms with Crippen LogP contribution in [0.15, 0.2) is 66.7 Å². The number of hydrogen-bond acceptors (Lipinski definition) is 4. The lowest BCUT2D eigenvalue weighted by molar-refractivity contribution is 0.192. The van der Waals surface area contributed by atoms with Crippen molar-refractivity contribution < 1.29 is 19.1 Å². The number of para-hydroxylation sites is 2. The highest BCUT2D eigenvalue weighted by Crippen LogP contribution is 2.30. The first kappa shape index (κ1) is 24.2. The third kappa shape index (κ3) is 5.96. The Morgan fingerprint density at radius 2 is 1.69 bits per heavy atom. The molecule has 8 nitrogen and oxygen atoms in total. The van der Waals surface area contributed by atoms with E-state index in [-0.39, 0.29) is 6.03 Å². The van der Waals surface area contributed by atoms with Crippen molar-refractivity contribution in [1.82, 2.24) is 4.90 Å². The van der Waals surface area contributed by atoms with E-state index in [0.29, 0.717) is 53.2 Å². The molecule has 182 valence electrons. The first-order valence-corrected chi connectivity index (χ1v) is 11.6. The van der Waals surface area contributed by atoms with E-state index < -0.39 is 6.03 Å². The van der Waals surface area contributed by atoms with Crippen molar-refractivity contribution in [3.8, 4) is 11.5 Å². The molecule has 1 saturated heterocycles. The normalized spacial score (nSPS) is 13.4. The Balaban J connectivity index is 1.50. The Bertz CT molecular complexity index is 1200. The summed E-state index contributed by atoms with van der Waals surface area (Å²) in [5.41, 5.74) is 2.64. The number of urea groups is 2. The van der Waals surface area contributed by atoms with Gasteiger partial charge >= 0.3 is 12.1 Å². The highest BCUT2D eigenvalue weighted by Gasteiger charge is 2.28. The smallest absolute Gasteiger partial charge is 0.324 e. The van der Waals surface area contributed by atoms with E-state index >= 15 is 0 Å². The van der Waals surface area contributed by atoms with Crippen molar-refractivity contribution >= 4 is 40.7 Å². The number of carbonyl (C=O) groups is 2. The minimum Gasteiger partial charge on any atom is -0.497 e. The topological polar surface area (TPSA) is 83.1 Å². The second-order valence-corrected chi connectivity index (χ2v) is 8.47. The number of anilines is 3. The zero-order valence-corrected chi connectivity index (χ0v) is 20.3. The molecule has 0 saturated carbocycles. The quantitative estimate of drug-likeness (QED) is 0.432. The van der Waals surface area contributed by atoms with Gasteiger partial charge < -0.3 is 25.0 Å². The Morgan fingerprint density at radius 3 is 2.40 bits per heavy atom. The number of hydrogen-bond donors (Lipinski definition) is 2. The van der Waals surface area contributed by atoms with Crippen LogP contribution in [0.3, 0.4) is 0 Å². The minimum absolute atomic E-state index is 0.137. The maximum Gasteiger partial charge on any atom is 0.324 e. The molecule has 0 radical (unpaired) electrons. The Kier molecular flexibility index (Phi) is 7.62. The van der Waals surface area contributed by atoms with E-state index in [4.69, 9.17) is 21.1 Å². The van der Waals surface area contributed by atoms with Gasteiger partial charge in [-0.3, -0.25) is 4.90 Å². The van der Waals surface area contributed by atoms with Crippen LogP contribution in [0, 0.1) is 0 Å². The SMILES string of the molecule is COc1cc(CN2CCCN(c3ccccc3NC(=O)Nc3cccc(Cl)c3)C2=O)cc(OC)c1. The predicted molar refractivity (Wildman–Crippen MR) is 138 cm³/mol. The molecule has 0 bridgehead atoms.